The van der Waals surface area contributed by atoms with E-state index in [9.17, 15) is 5.11 Å². The van der Waals surface area contributed by atoms with Crippen LogP contribution in [0.3, 0.4) is 0 Å². The standard InChI is InChI=1S/C24H32N4O/c1-2-25-24(26-16-18-8-12-23(29)13-9-18)27-20-14-21-10-11-22(15-20)28(21)17-19-6-4-3-5-7-19/h3-9,12-13,20-22,29H,2,10-11,14-17H2,1H3,(H2,25,26,27). The summed E-state index contributed by atoms with van der Waals surface area (Å²) in [5.74, 6) is 1.18. The van der Waals surface area contributed by atoms with Gasteiger partial charge in [-0.3, -0.25) is 4.90 Å². The minimum absolute atomic E-state index is 0.292. The second-order valence-electron chi connectivity index (χ2n) is 8.22. The molecule has 2 aliphatic rings. The molecule has 2 fully saturated rings. The van der Waals surface area contributed by atoms with Crippen LogP contribution in [-0.2, 0) is 13.1 Å². The van der Waals surface area contributed by atoms with Gasteiger partial charge in [-0.05, 0) is 55.9 Å². The van der Waals surface area contributed by atoms with Crippen LogP contribution < -0.4 is 10.6 Å². The van der Waals surface area contributed by atoms with Crippen molar-refractivity contribution < 1.29 is 5.11 Å². The first-order chi connectivity index (χ1) is 14.2. The number of hydrogen-bond donors (Lipinski definition) is 3. The predicted octanol–water partition coefficient (Wildman–Crippen LogP) is 3.64. The van der Waals surface area contributed by atoms with Gasteiger partial charge in [-0.1, -0.05) is 42.5 Å². The van der Waals surface area contributed by atoms with E-state index < -0.39 is 0 Å². The summed E-state index contributed by atoms with van der Waals surface area (Å²) in [5, 5.41) is 16.5. The normalized spacial score (nSPS) is 24.4. The summed E-state index contributed by atoms with van der Waals surface area (Å²) >= 11 is 0. The van der Waals surface area contributed by atoms with Crippen molar-refractivity contribution in [1.29, 1.82) is 0 Å². The van der Waals surface area contributed by atoms with Crippen LogP contribution in [0, 0.1) is 0 Å². The smallest absolute Gasteiger partial charge is 0.191 e. The number of nitrogens with zero attached hydrogens (tertiary/aromatic N) is 2. The van der Waals surface area contributed by atoms with Crippen molar-refractivity contribution in [1.82, 2.24) is 15.5 Å². The number of nitrogens with one attached hydrogen (secondary N) is 2. The van der Waals surface area contributed by atoms with Crippen molar-refractivity contribution in [2.24, 2.45) is 4.99 Å². The number of guanidine groups is 1. The van der Waals surface area contributed by atoms with E-state index in [1.807, 2.05) is 12.1 Å². The topological polar surface area (TPSA) is 59.9 Å². The quantitative estimate of drug-likeness (QED) is 0.519. The first-order valence-corrected chi connectivity index (χ1v) is 10.8. The van der Waals surface area contributed by atoms with Gasteiger partial charge in [0.15, 0.2) is 5.96 Å². The highest BCUT2D eigenvalue weighted by Crippen LogP contribution is 2.36. The number of phenols is 1. The molecule has 29 heavy (non-hydrogen) atoms. The third-order valence-corrected chi connectivity index (χ3v) is 6.13. The summed E-state index contributed by atoms with van der Waals surface area (Å²) in [5.41, 5.74) is 2.51. The third kappa shape index (κ3) is 5.10. The fourth-order valence-electron chi connectivity index (χ4n) is 4.73. The lowest BCUT2D eigenvalue weighted by Crippen LogP contribution is -2.52. The summed E-state index contributed by atoms with van der Waals surface area (Å²) in [6, 6.07) is 19.9. The molecule has 0 spiro atoms. The zero-order valence-corrected chi connectivity index (χ0v) is 17.2. The lowest BCUT2D eigenvalue weighted by atomic mass is 9.96. The maximum Gasteiger partial charge on any atom is 0.191 e. The van der Waals surface area contributed by atoms with Gasteiger partial charge in [0.2, 0.25) is 0 Å². The van der Waals surface area contributed by atoms with E-state index in [0.717, 1.165) is 24.6 Å². The molecule has 0 amide bonds. The Kier molecular flexibility index (Phi) is 6.35. The zero-order valence-electron chi connectivity index (χ0n) is 17.2. The van der Waals surface area contributed by atoms with Crippen molar-refractivity contribution in [3.8, 4) is 5.75 Å². The lowest BCUT2D eigenvalue weighted by Gasteiger charge is -2.39. The molecule has 3 N–H and O–H groups in total. The third-order valence-electron chi connectivity index (χ3n) is 6.13. The largest absolute Gasteiger partial charge is 0.508 e. The van der Waals surface area contributed by atoms with E-state index >= 15 is 0 Å². The van der Waals surface area contributed by atoms with Crippen LogP contribution in [0.15, 0.2) is 59.6 Å². The fraction of sp³-hybridized carbons (Fsp3) is 0.458. The van der Waals surface area contributed by atoms with E-state index in [0.29, 0.717) is 30.4 Å². The Bertz CT molecular complexity index is 791. The lowest BCUT2D eigenvalue weighted by molar-refractivity contribution is 0.114. The van der Waals surface area contributed by atoms with Gasteiger partial charge < -0.3 is 15.7 Å². The van der Waals surface area contributed by atoms with Crippen LogP contribution >= 0.6 is 0 Å². The first kappa shape index (κ1) is 19.8. The van der Waals surface area contributed by atoms with Crippen molar-refractivity contribution in [2.45, 2.75) is 63.8 Å². The summed E-state index contributed by atoms with van der Waals surface area (Å²) in [7, 11) is 0. The maximum atomic E-state index is 9.44. The number of hydrogen-bond acceptors (Lipinski definition) is 3. The monoisotopic (exact) mass is 392 g/mol. The number of aromatic hydroxyl groups is 1. The molecule has 2 heterocycles. The number of piperidine rings is 1. The Labute approximate surface area is 173 Å². The Balaban J connectivity index is 1.36. The van der Waals surface area contributed by atoms with E-state index in [1.165, 1.54) is 31.2 Å². The number of aliphatic imine (C=N–C) groups is 1. The minimum Gasteiger partial charge on any atom is -0.508 e. The summed E-state index contributed by atoms with van der Waals surface area (Å²) < 4.78 is 0. The predicted molar refractivity (Wildman–Crippen MR) is 118 cm³/mol. The highest BCUT2D eigenvalue weighted by atomic mass is 16.3. The summed E-state index contributed by atoms with van der Waals surface area (Å²) in [4.78, 5) is 7.48. The van der Waals surface area contributed by atoms with Gasteiger partial charge in [0.05, 0.1) is 6.54 Å². The Morgan fingerprint density at radius 3 is 2.34 bits per heavy atom. The van der Waals surface area contributed by atoms with E-state index in [4.69, 9.17) is 4.99 Å². The molecule has 0 aromatic heterocycles. The number of fused-ring (bicyclic) bond motifs is 2. The van der Waals surface area contributed by atoms with Crippen LogP contribution in [0.25, 0.3) is 0 Å². The summed E-state index contributed by atoms with van der Waals surface area (Å²) in [6.07, 6.45) is 4.95. The van der Waals surface area contributed by atoms with E-state index in [-0.39, 0.29) is 0 Å². The van der Waals surface area contributed by atoms with Gasteiger partial charge in [-0.2, -0.15) is 0 Å². The average Bonchev–Trinajstić information content (AvgIpc) is 2.96. The molecule has 4 rings (SSSR count). The van der Waals surface area contributed by atoms with Gasteiger partial charge in [-0.25, -0.2) is 4.99 Å². The molecule has 154 valence electrons. The highest BCUT2D eigenvalue weighted by Gasteiger charge is 2.40. The molecule has 2 saturated heterocycles. The van der Waals surface area contributed by atoms with Crippen LogP contribution in [0.4, 0.5) is 0 Å². The number of phenolic OH excluding ortho intramolecular Hbond substituents is 1. The molecule has 2 unspecified atom stereocenters. The van der Waals surface area contributed by atoms with Gasteiger partial charge in [0, 0.05) is 31.2 Å². The fourth-order valence-corrected chi connectivity index (χ4v) is 4.73. The molecule has 2 aromatic rings. The van der Waals surface area contributed by atoms with Crippen LogP contribution in [0.2, 0.25) is 0 Å². The second-order valence-corrected chi connectivity index (χ2v) is 8.22. The Hall–Kier alpha value is -2.53. The molecular weight excluding hydrogens is 360 g/mol. The van der Waals surface area contributed by atoms with Crippen molar-refractivity contribution in [2.75, 3.05) is 6.54 Å². The van der Waals surface area contributed by atoms with Gasteiger partial charge in [-0.15, -0.1) is 0 Å². The molecule has 0 radical (unpaired) electrons. The average molecular weight is 393 g/mol. The molecule has 0 aliphatic carbocycles. The Morgan fingerprint density at radius 1 is 1.00 bits per heavy atom. The first-order valence-electron chi connectivity index (χ1n) is 10.8. The van der Waals surface area contributed by atoms with Crippen molar-refractivity contribution in [3.63, 3.8) is 0 Å². The Morgan fingerprint density at radius 2 is 1.69 bits per heavy atom. The molecule has 2 atom stereocenters. The molecular formula is C24H32N4O. The molecule has 5 heteroatoms. The van der Waals surface area contributed by atoms with E-state index in [1.54, 1.807) is 12.1 Å². The molecule has 2 bridgehead atoms. The molecule has 2 aliphatic heterocycles. The number of benzene rings is 2. The van der Waals surface area contributed by atoms with Crippen LogP contribution in [0.5, 0.6) is 5.75 Å². The number of rotatable bonds is 6. The second kappa shape index (κ2) is 9.31. The SMILES string of the molecule is CCNC(=NCc1ccc(O)cc1)NC1CC2CCC(C1)N2Cc1ccccc1. The van der Waals surface area contributed by atoms with Crippen LogP contribution in [0.1, 0.15) is 43.7 Å². The van der Waals surface area contributed by atoms with Gasteiger partial charge >= 0.3 is 0 Å². The molecule has 0 saturated carbocycles. The van der Waals surface area contributed by atoms with Crippen molar-refractivity contribution in [3.05, 3.63) is 65.7 Å². The van der Waals surface area contributed by atoms with Crippen LogP contribution in [-0.4, -0.2) is 40.6 Å². The van der Waals surface area contributed by atoms with Gasteiger partial charge in [0.25, 0.3) is 0 Å². The molecule has 2 aromatic carbocycles. The summed E-state index contributed by atoms with van der Waals surface area (Å²) in [6.45, 7) is 4.62. The van der Waals surface area contributed by atoms with Crippen molar-refractivity contribution >= 4 is 5.96 Å². The highest BCUT2D eigenvalue weighted by molar-refractivity contribution is 5.80. The van der Waals surface area contributed by atoms with E-state index in [2.05, 4.69) is 52.8 Å². The zero-order chi connectivity index (χ0) is 20.1. The maximum absolute atomic E-state index is 9.44. The minimum atomic E-state index is 0.292. The van der Waals surface area contributed by atoms with Gasteiger partial charge in [0.1, 0.15) is 5.75 Å². The molecule has 5 nitrogen and oxygen atoms in total.